The molecule has 0 saturated heterocycles. The summed E-state index contributed by atoms with van der Waals surface area (Å²) < 4.78 is 26.5. The normalized spacial score (nSPS) is 17.3. The summed E-state index contributed by atoms with van der Waals surface area (Å²) in [6, 6.07) is 4.71. The zero-order chi connectivity index (χ0) is 14.0. The van der Waals surface area contributed by atoms with Gasteiger partial charge >= 0.3 is 0 Å². The molecular weight excluding hydrogens is 284 g/mol. The van der Waals surface area contributed by atoms with E-state index in [0.717, 1.165) is 17.6 Å². The molecule has 0 aliphatic carbocycles. The molecule has 19 heavy (non-hydrogen) atoms. The van der Waals surface area contributed by atoms with Crippen molar-refractivity contribution in [1.82, 2.24) is 4.31 Å². The molecule has 0 unspecified atom stereocenters. The number of nitrogens with two attached hydrogens (primary N) is 1. The molecule has 0 radical (unpaired) electrons. The zero-order valence-corrected chi connectivity index (χ0v) is 12.3. The molecule has 0 amide bonds. The molecule has 1 aromatic rings. The molecule has 4 nitrogen and oxygen atoms in total. The second kappa shape index (κ2) is 5.63. The first-order chi connectivity index (χ1) is 8.95. The topological polar surface area (TPSA) is 63.4 Å². The monoisotopic (exact) mass is 300 g/mol. The number of hydrogen-bond donors (Lipinski definition) is 1. The number of sulfonamides is 1. The third kappa shape index (κ3) is 3.00. The molecule has 1 aromatic carbocycles. The minimum atomic E-state index is -3.48. The van der Waals surface area contributed by atoms with Gasteiger partial charge in [0.1, 0.15) is 0 Å². The van der Waals surface area contributed by atoms with Crippen LogP contribution < -0.4 is 5.73 Å². The molecule has 1 aliphatic heterocycles. The molecule has 6 heteroatoms. The fourth-order valence-electron chi connectivity index (χ4n) is 2.08. The van der Waals surface area contributed by atoms with Crippen LogP contribution in [0.15, 0.2) is 34.7 Å². The molecule has 2 rings (SSSR count). The minimum absolute atomic E-state index is 0.226. The molecule has 2 N–H and O–H groups in total. The molecule has 1 aliphatic rings. The van der Waals surface area contributed by atoms with Crippen molar-refractivity contribution < 1.29 is 8.42 Å². The van der Waals surface area contributed by atoms with Crippen LogP contribution in [0.2, 0.25) is 5.02 Å². The number of nitrogens with zero attached hydrogens (tertiary/aromatic N) is 1. The van der Waals surface area contributed by atoms with Crippen LogP contribution in [0.4, 0.5) is 0 Å². The van der Waals surface area contributed by atoms with Crippen molar-refractivity contribution in [2.75, 3.05) is 13.1 Å². The fourth-order valence-corrected chi connectivity index (χ4v) is 3.93. The van der Waals surface area contributed by atoms with Crippen LogP contribution in [-0.4, -0.2) is 25.8 Å². The summed E-state index contributed by atoms with van der Waals surface area (Å²) in [5.74, 6) is 0. The van der Waals surface area contributed by atoms with Crippen molar-refractivity contribution in [2.24, 2.45) is 5.73 Å². The minimum Gasteiger partial charge on any atom is -0.326 e. The van der Waals surface area contributed by atoms with Crippen LogP contribution in [0, 0.1) is 0 Å². The average molecular weight is 301 g/mol. The largest absolute Gasteiger partial charge is 0.326 e. The summed E-state index contributed by atoms with van der Waals surface area (Å²) in [5.41, 5.74) is 7.33. The van der Waals surface area contributed by atoms with Gasteiger partial charge in [-0.1, -0.05) is 29.3 Å². The van der Waals surface area contributed by atoms with Crippen LogP contribution in [-0.2, 0) is 16.6 Å². The van der Waals surface area contributed by atoms with Gasteiger partial charge in [-0.2, -0.15) is 4.31 Å². The molecule has 0 aromatic heterocycles. The summed E-state index contributed by atoms with van der Waals surface area (Å²) in [5, 5.41) is 0.396. The first-order valence-electron chi connectivity index (χ1n) is 6.09. The smallest absolute Gasteiger partial charge is 0.243 e. The van der Waals surface area contributed by atoms with E-state index in [4.69, 9.17) is 17.3 Å². The Hall–Kier alpha value is -0.880. The van der Waals surface area contributed by atoms with E-state index >= 15 is 0 Å². The first-order valence-corrected chi connectivity index (χ1v) is 7.91. The second-order valence-corrected chi connectivity index (χ2v) is 6.98. The van der Waals surface area contributed by atoms with Gasteiger partial charge in [-0.25, -0.2) is 8.42 Å². The van der Waals surface area contributed by atoms with E-state index < -0.39 is 10.0 Å². The van der Waals surface area contributed by atoms with Crippen molar-refractivity contribution in [1.29, 1.82) is 0 Å². The SMILES string of the molecule is CC1=CCCN(S(=O)(=O)c2ccc(CN)c(Cl)c2)C1. The van der Waals surface area contributed by atoms with Gasteiger partial charge < -0.3 is 5.73 Å². The predicted molar refractivity (Wildman–Crippen MR) is 76.5 cm³/mol. The highest BCUT2D eigenvalue weighted by Crippen LogP contribution is 2.25. The van der Waals surface area contributed by atoms with Gasteiger partial charge in [0.25, 0.3) is 0 Å². The Bertz CT molecular complexity index is 611. The number of benzene rings is 1. The lowest BCUT2D eigenvalue weighted by molar-refractivity contribution is 0.428. The van der Waals surface area contributed by atoms with Gasteiger partial charge in [-0.3, -0.25) is 0 Å². The van der Waals surface area contributed by atoms with E-state index in [1.807, 2.05) is 6.92 Å². The molecule has 104 valence electrons. The third-order valence-corrected chi connectivity index (χ3v) is 5.37. The number of hydrogen-bond acceptors (Lipinski definition) is 3. The number of halogens is 1. The van der Waals surface area contributed by atoms with Gasteiger partial charge in [-0.15, -0.1) is 0 Å². The highest BCUT2D eigenvalue weighted by molar-refractivity contribution is 7.89. The molecule has 1 heterocycles. The van der Waals surface area contributed by atoms with Gasteiger partial charge in [-0.05, 0) is 31.0 Å². The van der Waals surface area contributed by atoms with Crippen molar-refractivity contribution in [3.63, 3.8) is 0 Å². The maximum Gasteiger partial charge on any atom is 0.243 e. The Morgan fingerprint density at radius 3 is 2.74 bits per heavy atom. The fraction of sp³-hybridized carbons (Fsp3) is 0.385. The van der Waals surface area contributed by atoms with E-state index in [-0.39, 0.29) is 4.90 Å². The molecule has 0 spiro atoms. The molecule has 0 saturated carbocycles. The number of rotatable bonds is 3. The van der Waals surface area contributed by atoms with Crippen LogP contribution in [0.25, 0.3) is 0 Å². The zero-order valence-electron chi connectivity index (χ0n) is 10.8. The van der Waals surface area contributed by atoms with E-state index in [1.165, 1.54) is 10.4 Å². The van der Waals surface area contributed by atoms with E-state index in [1.54, 1.807) is 12.1 Å². The summed E-state index contributed by atoms with van der Waals surface area (Å²) in [6.45, 7) is 3.19. The molecule has 0 bridgehead atoms. The third-order valence-electron chi connectivity index (χ3n) is 3.18. The summed E-state index contributed by atoms with van der Waals surface area (Å²) in [4.78, 5) is 0.226. The Morgan fingerprint density at radius 1 is 1.42 bits per heavy atom. The Labute approximate surface area is 118 Å². The highest BCUT2D eigenvalue weighted by Gasteiger charge is 2.26. The Morgan fingerprint density at radius 2 is 2.16 bits per heavy atom. The Balaban J connectivity index is 2.34. The average Bonchev–Trinajstić information content (AvgIpc) is 2.38. The van der Waals surface area contributed by atoms with Gasteiger partial charge in [0, 0.05) is 24.7 Å². The van der Waals surface area contributed by atoms with Gasteiger partial charge in [0.15, 0.2) is 0 Å². The lowest BCUT2D eigenvalue weighted by atomic mass is 10.2. The van der Waals surface area contributed by atoms with Crippen molar-refractivity contribution in [3.05, 3.63) is 40.4 Å². The highest BCUT2D eigenvalue weighted by atomic mass is 35.5. The lowest BCUT2D eigenvalue weighted by Gasteiger charge is -2.25. The maximum atomic E-state index is 12.5. The standard InChI is InChI=1S/C13H17ClN2O2S/c1-10-3-2-6-16(9-10)19(17,18)12-5-4-11(8-15)13(14)7-12/h3-5,7H,2,6,8-9,15H2,1H3. The van der Waals surface area contributed by atoms with Crippen LogP contribution >= 0.6 is 11.6 Å². The quantitative estimate of drug-likeness (QED) is 0.870. The molecule has 0 atom stereocenters. The second-order valence-electron chi connectivity index (χ2n) is 4.64. The van der Waals surface area contributed by atoms with Gasteiger partial charge in [0.05, 0.1) is 4.90 Å². The summed E-state index contributed by atoms with van der Waals surface area (Å²) in [6.07, 6.45) is 2.82. The summed E-state index contributed by atoms with van der Waals surface area (Å²) >= 11 is 6.03. The van der Waals surface area contributed by atoms with Crippen molar-refractivity contribution in [2.45, 2.75) is 24.8 Å². The van der Waals surface area contributed by atoms with Gasteiger partial charge in [0.2, 0.25) is 10.0 Å². The van der Waals surface area contributed by atoms with Crippen LogP contribution in [0.1, 0.15) is 18.9 Å². The van der Waals surface area contributed by atoms with E-state index in [0.29, 0.717) is 24.7 Å². The van der Waals surface area contributed by atoms with Crippen LogP contribution in [0.3, 0.4) is 0 Å². The molecular formula is C13H17ClN2O2S. The predicted octanol–water partition coefficient (Wildman–Crippen LogP) is 2.14. The lowest BCUT2D eigenvalue weighted by Crippen LogP contribution is -2.35. The first kappa shape index (κ1) is 14.5. The maximum absolute atomic E-state index is 12.5. The van der Waals surface area contributed by atoms with Crippen LogP contribution in [0.5, 0.6) is 0 Å². The van der Waals surface area contributed by atoms with Crippen molar-refractivity contribution >= 4 is 21.6 Å². The van der Waals surface area contributed by atoms with Crippen molar-refractivity contribution in [3.8, 4) is 0 Å². The summed E-state index contributed by atoms with van der Waals surface area (Å²) in [7, 11) is -3.48. The molecule has 0 fully saturated rings. The Kier molecular flexibility index (Phi) is 4.30. The van der Waals surface area contributed by atoms with E-state index in [2.05, 4.69) is 6.08 Å². The van der Waals surface area contributed by atoms with E-state index in [9.17, 15) is 8.42 Å².